The van der Waals surface area contributed by atoms with Crippen LogP contribution in [0, 0.1) is 13.8 Å². The molecule has 0 aliphatic rings. The zero-order valence-electron chi connectivity index (χ0n) is 48.5. The van der Waals surface area contributed by atoms with Crippen LogP contribution in [0.3, 0.4) is 0 Å². The van der Waals surface area contributed by atoms with Crippen molar-refractivity contribution in [1.82, 2.24) is 29.1 Å². The number of aryl methyl sites for hydroxylation is 2. The molecule has 14 rings (SSSR count). The Morgan fingerprint density at radius 1 is 0.398 bits per heavy atom. The highest BCUT2D eigenvalue weighted by Gasteiger charge is 2.29. The van der Waals surface area contributed by atoms with Gasteiger partial charge in [0, 0.05) is 16.6 Å². The molecule has 0 spiro atoms. The third-order valence-electron chi connectivity index (χ3n) is 16.4. The van der Waals surface area contributed by atoms with Crippen molar-refractivity contribution in [1.29, 1.82) is 0 Å². The molecule has 0 atom stereocenters. The van der Waals surface area contributed by atoms with Gasteiger partial charge in [-0.15, -0.1) is 0 Å². The number of para-hydroxylation sites is 4. The predicted octanol–water partition coefficient (Wildman–Crippen LogP) is 20.5. The molecular weight excluding hydrogens is 1020 g/mol. The summed E-state index contributed by atoms with van der Waals surface area (Å²) in [6.07, 6.45) is 0. The molecule has 0 aliphatic heterocycles. The Bertz CT molecular complexity index is 4800. The van der Waals surface area contributed by atoms with Gasteiger partial charge in [-0.25, -0.2) is 15.0 Å². The van der Waals surface area contributed by atoms with Crippen molar-refractivity contribution in [2.75, 3.05) is 0 Å². The van der Waals surface area contributed by atoms with E-state index < -0.39 is 0 Å². The summed E-state index contributed by atoms with van der Waals surface area (Å²) in [5, 5.41) is 2.51. The second-order valence-electron chi connectivity index (χ2n) is 23.5. The number of hydrogen-bond donors (Lipinski definition) is 0. The fraction of sp³-hybridized carbons (Fsp3) is 0.189. The number of benzene rings is 8. The molecule has 0 saturated carbocycles. The highest BCUT2D eigenvalue weighted by molar-refractivity contribution is 6.14. The smallest absolute Gasteiger partial charge is 0.228 e. The summed E-state index contributed by atoms with van der Waals surface area (Å²) in [7, 11) is 0. The molecule has 9 nitrogen and oxygen atoms in total. The van der Waals surface area contributed by atoms with Gasteiger partial charge in [0.05, 0.1) is 55.5 Å². The van der Waals surface area contributed by atoms with Crippen molar-refractivity contribution in [2.24, 2.45) is 0 Å². The molecule has 0 saturated heterocycles. The molecule has 0 bridgehead atoms. The standard InChI is InChI=1S/C74H64N6O3/c1-41(2)54-34-50(47-22-13-11-14-23-47)35-55(42(3)4)68(54)79-64-30-19-17-28-62(64)76-72(79)49-26-21-27-52(33-49)81-53-38-58-59-40-66-67(60-32-45(9)75-46(10)70(60)82-66)78-74(59)83-71(58)61(39-53)73-77-63-29-18-20-31-65(63)80(73)69-56(43(5)6)36-51(37-57(69)44(7)8)48-24-15-12-16-25-48/h11-44H,1-10H3. The normalized spacial score (nSPS) is 12.2. The number of imidazole rings is 2. The van der Waals surface area contributed by atoms with Crippen LogP contribution >= 0.6 is 0 Å². The van der Waals surface area contributed by atoms with Crippen LogP contribution in [0.15, 0.2) is 191 Å². The topological polar surface area (TPSA) is 96.9 Å². The van der Waals surface area contributed by atoms with Gasteiger partial charge in [-0.2, -0.15) is 0 Å². The lowest BCUT2D eigenvalue weighted by atomic mass is 9.88. The van der Waals surface area contributed by atoms with E-state index in [0.717, 1.165) is 83.6 Å². The van der Waals surface area contributed by atoms with Gasteiger partial charge in [-0.05, 0) is 167 Å². The summed E-state index contributed by atoms with van der Waals surface area (Å²) in [6, 6.07) is 64.3. The average Bonchev–Trinajstić information content (AvgIpc) is 3.74. The van der Waals surface area contributed by atoms with Crippen molar-refractivity contribution < 1.29 is 13.6 Å². The van der Waals surface area contributed by atoms with Crippen molar-refractivity contribution in [2.45, 2.75) is 92.9 Å². The first-order valence-corrected chi connectivity index (χ1v) is 29.0. The van der Waals surface area contributed by atoms with E-state index in [1.165, 1.54) is 50.2 Å². The SMILES string of the molecule is Cc1cc2c(oc3cc4c(nc32)oc2c(-c3nc5ccccc5n3-c3c(C(C)C)cc(-c5ccccc5)cc3C(C)C)cc(Oc3cccc(-c5nc6ccccc6n5-c5c(C(C)C)cc(-c6ccccc6)cc5C(C)C)c3)cc24)c(C)n1. The highest BCUT2D eigenvalue weighted by Crippen LogP contribution is 2.47. The van der Waals surface area contributed by atoms with Gasteiger partial charge in [-0.1, -0.05) is 152 Å². The molecule has 0 radical (unpaired) electrons. The number of furan rings is 2. The first-order valence-electron chi connectivity index (χ1n) is 29.0. The van der Waals surface area contributed by atoms with Crippen LogP contribution in [0.2, 0.25) is 0 Å². The summed E-state index contributed by atoms with van der Waals surface area (Å²) in [6.45, 7) is 22.3. The van der Waals surface area contributed by atoms with Gasteiger partial charge >= 0.3 is 0 Å². The molecule has 83 heavy (non-hydrogen) atoms. The zero-order valence-corrected chi connectivity index (χ0v) is 48.5. The van der Waals surface area contributed by atoms with Crippen molar-refractivity contribution >= 4 is 66.2 Å². The van der Waals surface area contributed by atoms with Crippen molar-refractivity contribution in [3.8, 4) is 67.9 Å². The minimum absolute atomic E-state index is 0.168. The summed E-state index contributed by atoms with van der Waals surface area (Å²) >= 11 is 0. The van der Waals surface area contributed by atoms with E-state index in [0.29, 0.717) is 34.0 Å². The molecule has 0 amide bonds. The minimum Gasteiger partial charge on any atom is -0.457 e. The quantitative estimate of drug-likeness (QED) is 0.120. The van der Waals surface area contributed by atoms with Crippen LogP contribution in [0.25, 0.3) is 123 Å². The molecule has 408 valence electrons. The van der Waals surface area contributed by atoms with E-state index in [-0.39, 0.29) is 23.7 Å². The first-order chi connectivity index (χ1) is 40.3. The highest BCUT2D eigenvalue weighted by atomic mass is 16.5. The molecule has 14 aromatic rings. The summed E-state index contributed by atoms with van der Waals surface area (Å²) in [5.74, 6) is 3.59. The Balaban J connectivity index is 0.991. The van der Waals surface area contributed by atoms with Crippen LogP contribution < -0.4 is 4.74 Å². The summed E-state index contributed by atoms with van der Waals surface area (Å²) in [5.41, 5.74) is 22.4. The lowest BCUT2D eigenvalue weighted by molar-refractivity contribution is 0.483. The number of pyridine rings is 2. The van der Waals surface area contributed by atoms with Crippen molar-refractivity contribution in [3.63, 3.8) is 0 Å². The lowest BCUT2D eigenvalue weighted by Gasteiger charge is -2.24. The zero-order chi connectivity index (χ0) is 56.9. The number of rotatable bonds is 12. The average molecular weight is 1090 g/mol. The van der Waals surface area contributed by atoms with Crippen LogP contribution in [0.5, 0.6) is 11.5 Å². The van der Waals surface area contributed by atoms with Crippen LogP contribution in [-0.4, -0.2) is 29.1 Å². The van der Waals surface area contributed by atoms with Gasteiger partial charge in [0.15, 0.2) is 11.2 Å². The maximum absolute atomic E-state index is 7.24. The molecule has 6 heterocycles. The fourth-order valence-corrected chi connectivity index (χ4v) is 12.4. The van der Waals surface area contributed by atoms with Gasteiger partial charge in [0.2, 0.25) is 5.71 Å². The van der Waals surface area contributed by atoms with Crippen LogP contribution in [0.1, 0.15) is 113 Å². The number of aromatic nitrogens is 6. The Kier molecular flexibility index (Phi) is 12.5. The Morgan fingerprint density at radius 2 is 0.916 bits per heavy atom. The third-order valence-corrected chi connectivity index (χ3v) is 16.4. The number of fused-ring (bicyclic) bond motifs is 8. The Morgan fingerprint density at radius 3 is 1.48 bits per heavy atom. The minimum atomic E-state index is 0.168. The molecule has 9 heteroatoms. The second-order valence-corrected chi connectivity index (χ2v) is 23.5. The van der Waals surface area contributed by atoms with Crippen LogP contribution in [-0.2, 0) is 0 Å². The predicted molar refractivity (Wildman–Crippen MR) is 340 cm³/mol. The number of ether oxygens (including phenoxy) is 1. The molecule has 8 aromatic carbocycles. The van der Waals surface area contributed by atoms with E-state index in [1.54, 1.807) is 0 Å². The number of hydrogen-bond acceptors (Lipinski definition) is 7. The van der Waals surface area contributed by atoms with Gasteiger partial charge in [-0.3, -0.25) is 14.1 Å². The Labute approximate surface area is 482 Å². The summed E-state index contributed by atoms with van der Waals surface area (Å²) < 4.78 is 25.7. The van der Waals surface area contributed by atoms with E-state index in [1.807, 2.05) is 26.0 Å². The van der Waals surface area contributed by atoms with Gasteiger partial charge in [0.25, 0.3) is 0 Å². The molecule has 6 aromatic heterocycles. The maximum atomic E-state index is 7.24. The molecule has 0 N–H and O–H groups in total. The molecule has 0 fully saturated rings. The van der Waals surface area contributed by atoms with Gasteiger partial charge < -0.3 is 13.6 Å². The first kappa shape index (κ1) is 51.5. The number of nitrogens with zero attached hydrogens (tertiary/aromatic N) is 6. The van der Waals surface area contributed by atoms with Gasteiger partial charge in [0.1, 0.15) is 34.2 Å². The van der Waals surface area contributed by atoms with E-state index in [4.69, 9.17) is 33.5 Å². The molecular formula is C74H64N6O3. The van der Waals surface area contributed by atoms with E-state index >= 15 is 0 Å². The largest absolute Gasteiger partial charge is 0.457 e. The van der Waals surface area contributed by atoms with Crippen LogP contribution in [0.4, 0.5) is 0 Å². The molecule has 0 aliphatic carbocycles. The molecule has 0 unspecified atom stereocenters. The summed E-state index contributed by atoms with van der Waals surface area (Å²) in [4.78, 5) is 21.0. The van der Waals surface area contributed by atoms with Crippen molar-refractivity contribution in [3.05, 3.63) is 216 Å². The fourth-order valence-electron chi connectivity index (χ4n) is 12.4. The van der Waals surface area contributed by atoms with E-state index in [9.17, 15) is 0 Å². The maximum Gasteiger partial charge on any atom is 0.228 e. The monoisotopic (exact) mass is 1080 g/mol. The van der Waals surface area contributed by atoms with E-state index in [2.05, 4.69) is 234 Å². The second kappa shape index (κ2) is 20.1. The lowest BCUT2D eigenvalue weighted by Crippen LogP contribution is -2.09. The Hall–Kier alpha value is -9.60. The third kappa shape index (κ3) is 8.76.